The maximum absolute atomic E-state index is 12.8. The Morgan fingerprint density at radius 1 is 0.933 bits per heavy atom. The van der Waals surface area contributed by atoms with Gasteiger partial charge in [0.2, 0.25) is 10.0 Å². The van der Waals surface area contributed by atoms with Crippen molar-refractivity contribution in [3.63, 3.8) is 0 Å². The number of amides is 2. The highest BCUT2D eigenvalue weighted by molar-refractivity contribution is 7.90. The molecular weight excluding hydrogens is 398 g/mol. The molecule has 0 unspecified atom stereocenters. The molecule has 2 fully saturated rings. The summed E-state index contributed by atoms with van der Waals surface area (Å²) < 4.78 is 27.8. The molecule has 1 saturated heterocycles. The summed E-state index contributed by atoms with van der Waals surface area (Å²) in [6, 6.07) is 1.70. The van der Waals surface area contributed by atoms with Gasteiger partial charge >= 0.3 is 6.03 Å². The van der Waals surface area contributed by atoms with Gasteiger partial charge in [0.15, 0.2) is 0 Å². The van der Waals surface area contributed by atoms with E-state index in [0.717, 1.165) is 70.1 Å². The summed E-state index contributed by atoms with van der Waals surface area (Å²) in [6.07, 6.45) is 9.42. The number of sulfonamides is 1. The van der Waals surface area contributed by atoms with Crippen molar-refractivity contribution in [2.24, 2.45) is 0 Å². The van der Waals surface area contributed by atoms with Crippen LogP contribution >= 0.6 is 0 Å². The fourth-order valence-corrected chi connectivity index (χ4v) is 6.88. The number of hydrogen-bond acceptors (Lipinski definition) is 4. The van der Waals surface area contributed by atoms with Gasteiger partial charge in [0, 0.05) is 18.8 Å². The van der Waals surface area contributed by atoms with E-state index in [4.69, 9.17) is 0 Å². The highest BCUT2D eigenvalue weighted by Crippen LogP contribution is 2.39. The Labute approximate surface area is 179 Å². The van der Waals surface area contributed by atoms with E-state index in [1.54, 1.807) is 0 Å². The topological polar surface area (TPSA) is 78.5 Å². The minimum Gasteiger partial charge on any atom is -0.307 e. The molecule has 7 heteroatoms. The van der Waals surface area contributed by atoms with Crippen molar-refractivity contribution >= 4 is 21.7 Å². The SMILES string of the molecule is CN1CCC(=C2CC(S(=O)(=O)NC(=O)Nc3c4c(cc5c3CCC5)CCC4)C2)CC1. The largest absolute Gasteiger partial charge is 0.332 e. The van der Waals surface area contributed by atoms with Gasteiger partial charge in [-0.05, 0) is 93.5 Å². The van der Waals surface area contributed by atoms with Crippen molar-refractivity contribution in [2.45, 2.75) is 69.5 Å². The van der Waals surface area contributed by atoms with E-state index in [2.05, 4.69) is 28.1 Å². The molecule has 5 rings (SSSR count). The number of hydrogen-bond donors (Lipinski definition) is 2. The number of benzene rings is 1. The first kappa shape index (κ1) is 20.1. The Hall–Kier alpha value is -1.86. The summed E-state index contributed by atoms with van der Waals surface area (Å²) in [6.45, 7) is 2.09. The van der Waals surface area contributed by atoms with Gasteiger partial charge in [0.25, 0.3) is 0 Å². The lowest BCUT2D eigenvalue weighted by Gasteiger charge is -2.34. The molecule has 4 aliphatic rings. The van der Waals surface area contributed by atoms with Gasteiger partial charge in [-0.15, -0.1) is 0 Å². The van der Waals surface area contributed by atoms with E-state index in [-0.39, 0.29) is 0 Å². The van der Waals surface area contributed by atoms with Gasteiger partial charge in [0.05, 0.1) is 5.25 Å². The summed E-state index contributed by atoms with van der Waals surface area (Å²) in [5.74, 6) is 0. The average Bonchev–Trinajstić information content (AvgIpc) is 3.30. The first-order chi connectivity index (χ1) is 14.4. The molecule has 6 nitrogen and oxygen atoms in total. The Morgan fingerprint density at radius 2 is 1.53 bits per heavy atom. The number of carbonyl (C=O) groups is 1. The number of fused-ring (bicyclic) bond motifs is 2. The van der Waals surface area contributed by atoms with Crippen LogP contribution in [0.15, 0.2) is 17.2 Å². The minimum atomic E-state index is -3.66. The molecule has 1 aliphatic heterocycles. The van der Waals surface area contributed by atoms with Crippen LogP contribution in [0.3, 0.4) is 0 Å². The van der Waals surface area contributed by atoms with Gasteiger partial charge in [-0.25, -0.2) is 17.9 Å². The number of carbonyl (C=O) groups excluding carboxylic acids is 1. The maximum atomic E-state index is 12.8. The van der Waals surface area contributed by atoms with E-state index in [0.29, 0.717) is 12.8 Å². The highest BCUT2D eigenvalue weighted by atomic mass is 32.2. The molecular formula is C23H31N3O3S. The lowest BCUT2D eigenvalue weighted by molar-refractivity contribution is 0.256. The number of allylic oxidation sites excluding steroid dienone is 1. The fourth-order valence-electron chi connectivity index (χ4n) is 5.56. The van der Waals surface area contributed by atoms with Crippen LogP contribution in [0, 0.1) is 0 Å². The average molecular weight is 430 g/mol. The second-order valence-electron chi connectivity index (χ2n) is 9.38. The van der Waals surface area contributed by atoms with Crippen LogP contribution in [0.25, 0.3) is 0 Å². The van der Waals surface area contributed by atoms with Crippen LogP contribution in [0.1, 0.15) is 60.8 Å². The molecule has 3 aliphatic carbocycles. The molecule has 30 heavy (non-hydrogen) atoms. The number of rotatable bonds is 3. The van der Waals surface area contributed by atoms with Crippen LogP contribution in [0.2, 0.25) is 0 Å². The minimum absolute atomic E-state index is 0.488. The van der Waals surface area contributed by atoms with Crippen molar-refractivity contribution in [1.29, 1.82) is 0 Å². The number of urea groups is 1. The molecule has 1 aromatic rings. The van der Waals surface area contributed by atoms with Gasteiger partial charge in [0.1, 0.15) is 0 Å². The van der Waals surface area contributed by atoms with E-state index >= 15 is 0 Å². The predicted octanol–water partition coefficient (Wildman–Crippen LogP) is 3.30. The molecule has 1 saturated carbocycles. The highest BCUT2D eigenvalue weighted by Gasteiger charge is 2.38. The second-order valence-corrected chi connectivity index (χ2v) is 11.3. The summed E-state index contributed by atoms with van der Waals surface area (Å²) in [5.41, 5.74) is 8.66. The Kier molecular flexibility index (Phi) is 5.14. The van der Waals surface area contributed by atoms with Crippen molar-refractivity contribution in [3.8, 4) is 0 Å². The Balaban J connectivity index is 1.25. The molecule has 1 heterocycles. The van der Waals surface area contributed by atoms with E-state index < -0.39 is 21.3 Å². The van der Waals surface area contributed by atoms with Crippen LogP contribution in [-0.4, -0.2) is 44.7 Å². The fraction of sp³-hybridized carbons (Fsp3) is 0.609. The summed E-state index contributed by atoms with van der Waals surface area (Å²) in [4.78, 5) is 15.0. The van der Waals surface area contributed by atoms with E-state index in [1.165, 1.54) is 33.4 Å². The van der Waals surface area contributed by atoms with E-state index in [9.17, 15) is 13.2 Å². The number of nitrogens with zero attached hydrogens (tertiary/aromatic N) is 1. The Morgan fingerprint density at radius 3 is 2.13 bits per heavy atom. The van der Waals surface area contributed by atoms with Gasteiger partial charge in [-0.1, -0.05) is 17.2 Å². The quantitative estimate of drug-likeness (QED) is 0.723. The molecule has 2 N–H and O–H groups in total. The van der Waals surface area contributed by atoms with Gasteiger partial charge < -0.3 is 10.2 Å². The van der Waals surface area contributed by atoms with E-state index in [1.807, 2.05) is 0 Å². The number of piperidine rings is 1. The van der Waals surface area contributed by atoms with Crippen molar-refractivity contribution in [3.05, 3.63) is 39.5 Å². The first-order valence-corrected chi connectivity index (χ1v) is 12.8. The van der Waals surface area contributed by atoms with Crippen molar-refractivity contribution in [2.75, 3.05) is 25.5 Å². The molecule has 0 spiro atoms. The zero-order valence-electron chi connectivity index (χ0n) is 17.7. The number of likely N-dealkylation sites (tertiary alicyclic amines) is 1. The monoisotopic (exact) mass is 429 g/mol. The third kappa shape index (κ3) is 3.66. The number of anilines is 1. The lowest BCUT2D eigenvalue weighted by Crippen LogP contribution is -2.44. The second kappa shape index (κ2) is 7.68. The number of nitrogens with one attached hydrogen (secondary N) is 2. The van der Waals surface area contributed by atoms with Crippen LogP contribution < -0.4 is 10.0 Å². The van der Waals surface area contributed by atoms with Gasteiger partial charge in [-0.3, -0.25) is 0 Å². The summed E-state index contributed by atoms with van der Waals surface area (Å²) >= 11 is 0. The smallest absolute Gasteiger partial charge is 0.307 e. The van der Waals surface area contributed by atoms with Crippen LogP contribution in [0.5, 0.6) is 0 Å². The first-order valence-electron chi connectivity index (χ1n) is 11.3. The van der Waals surface area contributed by atoms with Crippen LogP contribution in [0.4, 0.5) is 10.5 Å². The standard InChI is InChI=1S/C23H31N3O3S/c1-26-10-8-15(9-11-26)18-13-19(14-18)30(28,29)25-23(27)24-22-20-6-2-4-16(20)12-17-5-3-7-21(17)22/h12,19H,2-11,13-14H2,1H3,(H2,24,25,27). The Bertz CT molecular complexity index is 978. The zero-order valence-corrected chi connectivity index (χ0v) is 18.5. The molecule has 1 aromatic carbocycles. The molecule has 0 bridgehead atoms. The molecule has 2 amide bonds. The predicted molar refractivity (Wildman–Crippen MR) is 118 cm³/mol. The third-order valence-electron chi connectivity index (χ3n) is 7.42. The molecule has 0 aromatic heterocycles. The normalized spacial score (nSPS) is 23.7. The van der Waals surface area contributed by atoms with Crippen molar-refractivity contribution in [1.82, 2.24) is 9.62 Å². The molecule has 162 valence electrons. The van der Waals surface area contributed by atoms with Crippen molar-refractivity contribution < 1.29 is 13.2 Å². The van der Waals surface area contributed by atoms with Gasteiger partial charge in [-0.2, -0.15) is 0 Å². The number of aryl methyl sites for hydroxylation is 2. The molecule has 0 atom stereocenters. The summed E-state index contributed by atoms with van der Waals surface area (Å²) in [5, 5.41) is 2.45. The lowest BCUT2D eigenvalue weighted by atomic mass is 9.84. The maximum Gasteiger partial charge on any atom is 0.332 e. The summed E-state index contributed by atoms with van der Waals surface area (Å²) in [7, 11) is -1.54. The molecule has 0 radical (unpaired) electrons. The third-order valence-corrected chi connectivity index (χ3v) is 9.11. The van der Waals surface area contributed by atoms with Crippen LogP contribution in [-0.2, 0) is 35.7 Å². The zero-order chi connectivity index (χ0) is 20.9.